The van der Waals surface area contributed by atoms with Crippen LogP contribution >= 0.6 is 46.4 Å². The molecule has 0 aliphatic carbocycles. The monoisotopic (exact) mass is 492 g/mol. The molecule has 7 nitrogen and oxygen atoms in total. The largest absolute Gasteiger partial charge is 0.286 e. The summed E-state index contributed by atoms with van der Waals surface area (Å²) in [6, 6.07) is 9.88. The average Bonchev–Trinajstić information content (AvgIpc) is 3.01. The van der Waals surface area contributed by atoms with Gasteiger partial charge in [0.25, 0.3) is 15.9 Å². The number of sulfonamides is 1. The van der Waals surface area contributed by atoms with Crippen LogP contribution in [0.1, 0.15) is 16.2 Å². The second-order valence-electron chi connectivity index (χ2n) is 5.81. The van der Waals surface area contributed by atoms with Crippen LogP contribution in [0.15, 0.2) is 47.4 Å². The van der Waals surface area contributed by atoms with Gasteiger partial charge >= 0.3 is 0 Å². The van der Waals surface area contributed by atoms with Crippen molar-refractivity contribution in [2.45, 2.75) is 11.8 Å². The van der Waals surface area contributed by atoms with Crippen molar-refractivity contribution in [1.29, 1.82) is 0 Å². The van der Waals surface area contributed by atoms with Crippen LogP contribution in [0, 0.1) is 6.92 Å². The number of amides is 1. The van der Waals surface area contributed by atoms with Crippen molar-refractivity contribution in [3.05, 3.63) is 73.9 Å². The summed E-state index contributed by atoms with van der Waals surface area (Å²) in [6.07, 6.45) is 0. The normalized spacial score (nSPS) is 11.5. The van der Waals surface area contributed by atoms with Crippen molar-refractivity contribution >= 4 is 62.3 Å². The van der Waals surface area contributed by atoms with Crippen molar-refractivity contribution in [1.82, 2.24) is 20.0 Å². The molecule has 3 aromatic rings. The molecular formula is C17H12Cl4N4O3S. The number of nitrogens with one attached hydrogen (secondary N) is 2. The van der Waals surface area contributed by atoms with E-state index in [1.165, 1.54) is 47.1 Å². The summed E-state index contributed by atoms with van der Waals surface area (Å²) in [6.45, 7) is 1.68. The van der Waals surface area contributed by atoms with Crippen LogP contribution in [0.25, 0.3) is 5.69 Å². The lowest BCUT2D eigenvalue weighted by Crippen LogP contribution is -2.41. The van der Waals surface area contributed by atoms with Gasteiger partial charge in [-0.05, 0) is 49.4 Å². The Bertz CT molecular complexity index is 1170. The molecule has 2 aromatic carbocycles. The van der Waals surface area contributed by atoms with E-state index < -0.39 is 15.9 Å². The van der Waals surface area contributed by atoms with Crippen LogP contribution in [0.2, 0.25) is 20.1 Å². The molecule has 0 radical (unpaired) electrons. The summed E-state index contributed by atoms with van der Waals surface area (Å²) < 4.78 is 25.9. The molecule has 1 aromatic heterocycles. The molecule has 1 heterocycles. The van der Waals surface area contributed by atoms with Gasteiger partial charge in [0.1, 0.15) is 5.69 Å². The van der Waals surface area contributed by atoms with Crippen LogP contribution in [0.4, 0.5) is 0 Å². The van der Waals surface area contributed by atoms with Gasteiger partial charge < -0.3 is 0 Å². The first-order chi connectivity index (χ1) is 13.6. The van der Waals surface area contributed by atoms with Gasteiger partial charge in [-0.2, -0.15) is 5.10 Å². The van der Waals surface area contributed by atoms with E-state index in [-0.39, 0.29) is 20.6 Å². The third-order valence-corrected chi connectivity index (χ3v) is 6.05. The van der Waals surface area contributed by atoms with E-state index in [9.17, 15) is 13.2 Å². The fourth-order valence-corrected chi connectivity index (χ4v) is 4.34. The van der Waals surface area contributed by atoms with Crippen LogP contribution in [-0.4, -0.2) is 24.1 Å². The smallest absolute Gasteiger partial charge is 0.272 e. The molecule has 2 N–H and O–H groups in total. The number of halogens is 4. The Kier molecular flexibility index (Phi) is 6.42. The van der Waals surface area contributed by atoms with Gasteiger partial charge in [-0.25, -0.2) is 13.1 Å². The third-order valence-electron chi connectivity index (χ3n) is 3.74. The summed E-state index contributed by atoms with van der Waals surface area (Å²) in [5.74, 6) is -0.773. The van der Waals surface area contributed by atoms with Crippen molar-refractivity contribution in [2.24, 2.45) is 0 Å². The van der Waals surface area contributed by atoms with Crippen molar-refractivity contribution in [3.8, 4) is 5.69 Å². The minimum Gasteiger partial charge on any atom is -0.272 e. The fraction of sp³-hybridized carbons (Fsp3) is 0.0588. The zero-order valence-electron chi connectivity index (χ0n) is 14.6. The first-order valence-corrected chi connectivity index (χ1v) is 10.9. The molecule has 0 fully saturated rings. The Hall–Kier alpha value is -1.81. The molecule has 0 atom stereocenters. The first kappa shape index (κ1) is 21.9. The lowest BCUT2D eigenvalue weighted by molar-refractivity contribution is 0.0939. The molecule has 1 amide bonds. The van der Waals surface area contributed by atoms with Gasteiger partial charge in [-0.15, -0.1) is 4.83 Å². The molecular weight excluding hydrogens is 482 g/mol. The van der Waals surface area contributed by atoms with Gasteiger partial charge in [0.15, 0.2) is 5.69 Å². The lowest BCUT2D eigenvalue weighted by atomic mass is 10.3. The quantitative estimate of drug-likeness (QED) is 0.514. The van der Waals surface area contributed by atoms with Crippen molar-refractivity contribution < 1.29 is 13.2 Å². The summed E-state index contributed by atoms with van der Waals surface area (Å²) in [5, 5.41) is 5.37. The summed E-state index contributed by atoms with van der Waals surface area (Å²) in [4.78, 5) is 14.3. The number of nitrogens with zero attached hydrogens (tertiary/aromatic N) is 2. The van der Waals surface area contributed by atoms with Crippen LogP contribution in [0.5, 0.6) is 0 Å². The van der Waals surface area contributed by atoms with Crippen LogP contribution in [0.3, 0.4) is 0 Å². The standard InChI is InChI=1S/C17H12Cl4N4O3S/c1-9-6-15(23-25(9)16-13(20)7-11(19)8-14(16)21)17(26)22-24-29(27,28)12-4-2-10(18)3-5-12/h2-8,24H,1H3,(H,22,26). The van der Waals surface area contributed by atoms with Crippen LogP contribution < -0.4 is 10.3 Å². The van der Waals surface area contributed by atoms with Crippen molar-refractivity contribution in [2.75, 3.05) is 0 Å². The van der Waals surface area contributed by atoms with E-state index in [0.717, 1.165) is 0 Å². The number of hydrogen-bond acceptors (Lipinski definition) is 4. The molecule has 0 spiro atoms. The zero-order valence-corrected chi connectivity index (χ0v) is 18.4. The van der Waals surface area contributed by atoms with Gasteiger partial charge in [-0.1, -0.05) is 46.4 Å². The van der Waals surface area contributed by atoms with Gasteiger partial charge in [-0.3, -0.25) is 10.2 Å². The second kappa shape index (κ2) is 8.51. The number of carbonyl (C=O) groups is 1. The maximum absolute atomic E-state index is 12.4. The number of benzene rings is 2. The third kappa shape index (κ3) is 4.85. The van der Waals surface area contributed by atoms with E-state index in [0.29, 0.717) is 21.4 Å². The molecule has 0 aliphatic heterocycles. The molecule has 0 saturated heterocycles. The Labute approximate surface area is 186 Å². The van der Waals surface area contributed by atoms with E-state index in [4.69, 9.17) is 46.4 Å². The Morgan fingerprint density at radius 1 is 0.966 bits per heavy atom. The van der Waals surface area contributed by atoms with Gasteiger partial charge in [0, 0.05) is 15.7 Å². The maximum atomic E-state index is 12.4. The number of hydrazine groups is 1. The molecule has 12 heteroatoms. The molecule has 0 unspecified atom stereocenters. The molecule has 3 rings (SSSR count). The highest BCUT2D eigenvalue weighted by atomic mass is 35.5. The molecule has 0 aliphatic rings. The molecule has 0 saturated carbocycles. The Balaban J connectivity index is 1.81. The first-order valence-electron chi connectivity index (χ1n) is 7.88. The SMILES string of the molecule is Cc1cc(C(=O)NNS(=O)(=O)c2ccc(Cl)cc2)nn1-c1c(Cl)cc(Cl)cc1Cl. The van der Waals surface area contributed by atoms with Crippen molar-refractivity contribution in [3.63, 3.8) is 0 Å². The number of carbonyl (C=O) groups excluding carboxylic acids is 1. The number of rotatable bonds is 5. The average molecular weight is 494 g/mol. The summed E-state index contributed by atoms with van der Waals surface area (Å²) >= 11 is 24.1. The Morgan fingerprint density at radius 2 is 1.55 bits per heavy atom. The predicted octanol–water partition coefficient (Wildman–Crippen LogP) is 4.42. The summed E-state index contributed by atoms with van der Waals surface area (Å²) in [5.41, 5.74) is 2.94. The second-order valence-corrected chi connectivity index (χ2v) is 9.18. The minimum absolute atomic E-state index is 0.0524. The molecule has 29 heavy (non-hydrogen) atoms. The summed E-state index contributed by atoms with van der Waals surface area (Å²) in [7, 11) is -3.99. The fourth-order valence-electron chi connectivity index (χ4n) is 2.40. The lowest BCUT2D eigenvalue weighted by Gasteiger charge is -2.10. The van der Waals surface area contributed by atoms with E-state index >= 15 is 0 Å². The highest BCUT2D eigenvalue weighted by Gasteiger charge is 2.20. The molecule has 152 valence electrons. The Morgan fingerprint density at radius 3 is 2.14 bits per heavy atom. The van der Waals surface area contributed by atoms with E-state index in [1.54, 1.807) is 6.92 Å². The number of aryl methyl sites for hydroxylation is 1. The van der Waals surface area contributed by atoms with Gasteiger partial charge in [0.2, 0.25) is 0 Å². The van der Waals surface area contributed by atoms with Crippen LogP contribution in [-0.2, 0) is 10.0 Å². The van der Waals surface area contributed by atoms with Gasteiger partial charge in [0.05, 0.1) is 14.9 Å². The zero-order chi connectivity index (χ0) is 21.3. The van der Waals surface area contributed by atoms with E-state index in [2.05, 4.69) is 10.5 Å². The minimum atomic E-state index is -3.99. The number of aromatic nitrogens is 2. The molecule has 0 bridgehead atoms. The van der Waals surface area contributed by atoms with E-state index in [1.807, 2.05) is 4.83 Å². The maximum Gasteiger partial charge on any atom is 0.286 e. The highest BCUT2D eigenvalue weighted by molar-refractivity contribution is 7.89. The topological polar surface area (TPSA) is 93.1 Å². The highest BCUT2D eigenvalue weighted by Crippen LogP contribution is 2.32. The number of hydrogen-bond donors (Lipinski definition) is 2. The predicted molar refractivity (Wildman–Crippen MR) is 113 cm³/mol.